The second-order valence-electron chi connectivity index (χ2n) is 7.18. The van der Waals surface area contributed by atoms with Gasteiger partial charge >= 0.3 is 11.3 Å². The van der Waals surface area contributed by atoms with Crippen LogP contribution in [0.25, 0.3) is 22.3 Å². The highest BCUT2D eigenvalue weighted by molar-refractivity contribution is 5.88. The SMILES string of the molecule is OC[C@H]1O[C@@H](Oc2cc3c(O)cc(O)cc3[o+]c2-c2ccc(O)cc2)[C@H](O)[C@@H](O)[C@@H]1O.[Cl-]. The predicted molar refractivity (Wildman–Crippen MR) is 105 cm³/mol. The lowest BCUT2D eigenvalue weighted by molar-refractivity contribution is -0.277. The van der Waals surface area contributed by atoms with E-state index in [2.05, 4.69) is 0 Å². The van der Waals surface area contributed by atoms with Crippen molar-refractivity contribution in [2.75, 3.05) is 6.61 Å². The molecule has 11 heteroatoms. The van der Waals surface area contributed by atoms with Crippen molar-refractivity contribution in [2.24, 2.45) is 0 Å². The van der Waals surface area contributed by atoms with E-state index in [1.54, 1.807) is 0 Å². The van der Waals surface area contributed by atoms with E-state index in [4.69, 9.17) is 13.9 Å². The number of fused-ring (bicyclic) bond motifs is 1. The molecular formula is C21H21ClO10. The predicted octanol–water partition coefficient (Wildman–Crippen LogP) is -2.32. The van der Waals surface area contributed by atoms with Crippen LogP contribution in [0.3, 0.4) is 0 Å². The maximum atomic E-state index is 10.3. The second kappa shape index (κ2) is 9.33. The van der Waals surface area contributed by atoms with Gasteiger partial charge in [-0.2, -0.15) is 0 Å². The van der Waals surface area contributed by atoms with Crippen LogP contribution in [0.2, 0.25) is 0 Å². The highest BCUT2D eigenvalue weighted by atomic mass is 35.5. The Morgan fingerprint density at radius 1 is 0.875 bits per heavy atom. The highest BCUT2D eigenvalue weighted by Crippen LogP contribution is 2.40. The van der Waals surface area contributed by atoms with E-state index in [1.807, 2.05) is 0 Å². The van der Waals surface area contributed by atoms with Crippen LogP contribution in [0.5, 0.6) is 23.0 Å². The maximum Gasteiger partial charge on any atom is 0.402 e. The lowest BCUT2D eigenvalue weighted by Gasteiger charge is -2.39. The summed E-state index contributed by atoms with van der Waals surface area (Å²) in [7, 11) is 0. The molecule has 1 saturated heterocycles. The third-order valence-electron chi connectivity index (χ3n) is 5.04. The van der Waals surface area contributed by atoms with Gasteiger partial charge < -0.3 is 57.6 Å². The number of ether oxygens (including phenoxy) is 2. The lowest BCUT2D eigenvalue weighted by Crippen LogP contribution is -3.00. The number of aliphatic hydroxyl groups is 4. The fourth-order valence-corrected chi connectivity index (χ4v) is 3.38. The van der Waals surface area contributed by atoms with Gasteiger partial charge in [0.05, 0.1) is 18.2 Å². The second-order valence-corrected chi connectivity index (χ2v) is 7.18. The first-order chi connectivity index (χ1) is 14.8. The number of hydrogen-bond donors (Lipinski definition) is 7. The van der Waals surface area contributed by atoms with Crippen LogP contribution in [-0.2, 0) is 4.74 Å². The summed E-state index contributed by atoms with van der Waals surface area (Å²) >= 11 is 0. The molecule has 2 aromatic carbocycles. The number of aromatic hydroxyl groups is 3. The fraction of sp³-hybridized carbons (Fsp3) is 0.286. The Labute approximate surface area is 187 Å². The van der Waals surface area contributed by atoms with Crippen molar-refractivity contribution in [3.05, 3.63) is 42.5 Å². The van der Waals surface area contributed by atoms with Crippen molar-refractivity contribution < 1.29 is 62.0 Å². The summed E-state index contributed by atoms with van der Waals surface area (Å²) in [5.41, 5.74) is 0.573. The Hall–Kier alpha value is -2.86. The first-order valence-corrected chi connectivity index (χ1v) is 9.38. The molecule has 4 rings (SSSR count). The number of hydrogen-bond acceptors (Lipinski definition) is 9. The van der Waals surface area contributed by atoms with Crippen molar-refractivity contribution in [3.63, 3.8) is 0 Å². The molecule has 172 valence electrons. The monoisotopic (exact) mass is 468 g/mol. The average molecular weight is 469 g/mol. The van der Waals surface area contributed by atoms with Crippen LogP contribution in [0, 0.1) is 0 Å². The summed E-state index contributed by atoms with van der Waals surface area (Å²) < 4.78 is 17.0. The Morgan fingerprint density at radius 2 is 1.56 bits per heavy atom. The van der Waals surface area contributed by atoms with E-state index >= 15 is 0 Å². The van der Waals surface area contributed by atoms with Crippen molar-refractivity contribution in [1.82, 2.24) is 0 Å². The van der Waals surface area contributed by atoms with Crippen molar-refractivity contribution in [3.8, 4) is 34.3 Å². The van der Waals surface area contributed by atoms with Crippen LogP contribution in [0.1, 0.15) is 0 Å². The third kappa shape index (κ3) is 4.37. The van der Waals surface area contributed by atoms with Crippen molar-refractivity contribution in [1.29, 1.82) is 0 Å². The molecule has 1 aliphatic heterocycles. The maximum absolute atomic E-state index is 10.3. The molecule has 0 amide bonds. The molecule has 0 unspecified atom stereocenters. The molecule has 0 saturated carbocycles. The summed E-state index contributed by atoms with van der Waals surface area (Å²) in [4.78, 5) is 0. The van der Waals surface area contributed by atoms with Crippen molar-refractivity contribution in [2.45, 2.75) is 30.7 Å². The Balaban J connectivity index is 0.00000289. The molecule has 0 bridgehead atoms. The number of halogens is 1. The normalized spacial score (nSPS) is 25.3. The number of aliphatic hydroxyl groups excluding tert-OH is 4. The zero-order chi connectivity index (χ0) is 22.3. The largest absolute Gasteiger partial charge is 1.00 e. The van der Waals surface area contributed by atoms with Gasteiger partial charge in [0.2, 0.25) is 12.0 Å². The van der Waals surface area contributed by atoms with Gasteiger partial charge in [0.25, 0.3) is 0 Å². The molecule has 5 atom stereocenters. The zero-order valence-corrected chi connectivity index (χ0v) is 17.1. The van der Waals surface area contributed by atoms with Gasteiger partial charge in [-0.15, -0.1) is 0 Å². The molecule has 0 spiro atoms. The molecule has 1 aromatic heterocycles. The Kier molecular flexibility index (Phi) is 6.94. The van der Waals surface area contributed by atoms with E-state index in [9.17, 15) is 35.7 Å². The van der Waals surface area contributed by atoms with Crippen LogP contribution < -0.4 is 17.1 Å². The minimum atomic E-state index is -1.66. The fourth-order valence-electron chi connectivity index (χ4n) is 3.38. The summed E-state index contributed by atoms with van der Waals surface area (Å²) in [5, 5.41) is 69.4. The van der Waals surface area contributed by atoms with Crippen LogP contribution >= 0.6 is 0 Å². The molecular weight excluding hydrogens is 448 g/mol. The van der Waals surface area contributed by atoms with Gasteiger partial charge in [-0.1, -0.05) is 0 Å². The van der Waals surface area contributed by atoms with E-state index in [-0.39, 0.29) is 52.1 Å². The highest BCUT2D eigenvalue weighted by Gasteiger charge is 2.45. The van der Waals surface area contributed by atoms with Gasteiger partial charge in [0.1, 0.15) is 47.1 Å². The van der Waals surface area contributed by atoms with Crippen LogP contribution in [-0.4, -0.2) is 73.1 Å². The first-order valence-electron chi connectivity index (χ1n) is 9.38. The quantitative estimate of drug-likeness (QED) is 0.206. The first kappa shape index (κ1) is 23.8. The molecule has 7 N–H and O–H groups in total. The average Bonchev–Trinajstić information content (AvgIpc) is 2.74. The van der Waals surface area contributed by atoms with Crippen molar-refractivity contribution >= 4 is 11.0 Å². The Morgan fingerprint density at radius 3 is 2.22 bits per heavy atom. The molecule has 1 aliphatic rings. The van der Waals surface area contributed by atoms with Crippen LogP contribution in [0.4, 0.5) is 0 Å². The Bertz CT molecular complexity index is 1090. The minimum absolute atomic E-state index is 0. The minimum Gasteiger partial charge on any atom is -1.00 e. The standard InChI is InChI=1S/C21H20O10.ClH/c22-8-16-17(26)18(27)19(28)21(31-16)30-15-7-12-13(25)5-11(24)6-14(12)29-20(15)9-1-3-10(23)4-2-9;/h1-7,16-19,21-22,26-28H,8H2,(H2-,23,24,25);1H/t16-,17-,18+,19-,21-;/m1./s1. The van der Waals surface area contributed by atoms with E-state index in [1.165, 1.54) is 36.4 Å². The summed E-state index contributed by atoms with van der Waals surface area (Å²) in [6.07, 6.45) is -7.52. The van der Waals surface area contributed by atoms with Gasteiger partial charge in [0.15, 0.2) is 0 Å². The molecule has 3 aromatic rings. The van der Waals surface area contributed by atoms with E-state index in [0.29, 0.717) is 5.56 Å². The molecule has 0 radical (unpaired) electrons. The number of phenols is 3. The molecule has 1 fully saturated rings. The molecule has 32 heavy (non-hydrogen) atoms. The number of phenolic OH excluding ortho intramolecular Hbond substituents is 3. The topological polar surface area (TPSA) is 171 Å². The summed E-state index contributed by atoms with van der Waals surface area (Å²) in [6, 6.07) is 9.66. The van der Waals surface area contributed by atoms with E-state index in [0.717, 1.165) is 6.07 Å². The summed E-state index contributed by atoms with van der Waals surface area (Å²) in [5.74, 6) is -0.420. The summed E-state index contributed by atoms with van der Waals surface area (Å²) in [6.45, 7) is -0.627. The molecule has 0 aliphatic carbocycles. The molecule has 2 heterocycles. The zero-order valence-electron chi connectivity index (χ0n) is 16.4. The van der Waals surface area contributed by atoms with Crippen LogP contribution in [0.15, 0.2) is 46.9 Å². The van der Waals surface area contributed by atoms with Gasteiger partial charge in [-0.25, -0.2) is 4.42 Å². The van der Waals surface area contributed by atoms with E-state index < -0.39 is 37.3 Å². The molecule has 10 nitrogen and oxygen atoms in total. The third-order valence-corrected chi connectivity index (χ3v) is 5.04. The lowest BCUT2D eigenvalue weighted by atomic mass is 9.99. The number of rotatable bonds is 4. The number of benzene rings is 2. The van der Waals surface area contributed by atoms with Gasteiger partial charge in [-0.05, 0) is 24.3 Å². The van der Waals surface area contributed by atoms with Gasteiger partial charge in [0, 0.05) is 12.1 Å². The smallest absolute Gasteiger partial charge is 0.402 e. The van der Waals surface area contributed by atoms with Gasteiger partial charge in [-0.3, -0.25) is 0 Å².